The third-order valence-electron chi connectivity index (χ3n) is 6.20. The molecule has 5 nitrogen and oxygen atoms in total. The first-order valence-electron chi connectivity index (χ1n) is 9.95. The van der Waals surface area contributed by atoms with Gasteiger partial charge in [-0.25, -0.2) is 4.98 Å². The van der Waals surface area contributed by atoms with E-state index in [9.17, 15) is 4.79 Å². The number of rotatable bonds is 4. The van der Waals surface area contributed by atoms with Crippen molar-refractivity contribution in [2.24, 2.45) is 5.92 Å². The van der Waals surface area contributed by atoms with Crippen LogP contribution in [0.3, 0.4) is 0 Å². The SMILES string of the molecule is C[C@H]1[C@H](NC(=O)c2ccc(-c3ccccc3-c3nc(I)cs3)o2)C2CCN1CC2. The van der Waals surface area contributed by atoms with Gasteiger partial charge in [-0.05, 0) is 73.5 Å². The van der Waals surface area contributed by atoms with Gasteiger partial charge >= 0.3 is 0 Å². The summed E-state index contributed by atoms with van der Waals surface area (Å²) >= 11 is 3.83. The Morgan fingerprint density at radius 2 is 1.97 bits per heavy atom. The molecule has 3 saturated heterocycles. The summed E-state index contributed by atoms with van der Waals surface area (Å²) in [5, 5.41) is 6.23. The average molecular weight is 519 g/mol. The van der Waals surface area contributed by atoms with Gasteiger partial charge in [0.1, 0.15) is 14.5 Å². The van der Waals surface area contributed by atoms with Crippen LogP contribution in [-0.4, -0.2) is 41.0 Å². The lowest BCUT2D eigenvalue weighted by molar-refractivity contribution is 0.0211. The van der Waals surface area contributed by atoms with Crippen molar-refractivity contribution in [1.29, 1.82) is 0 Å². The molecule has 3 fully saturated rings. The Morgan fingerprint density at radius 1 is 1.21 bits per heavy atom. The normalized spacial score (nSPS) is 25.9. The lowest BCUT2D eigenvalue weighted by atomic mass is 9.79. The fourth-order valence-electron chi connectivity index (χ4n) is 4.63. The maximum atomic E-state index is 12.9. The van der Waals surface area contributed by atoms with E-state index in [2.05, 4.69) is 44.7 Å². The Morgan fingerprint density at radius 3 is 2.66 bits per heavy atom. The van der Waals surface area contributed by atoms with Crippen LogP contribution in [0.25, 0.3) is 21.9 Å². The number of nitrogens with zero attached hydrogens (tertiary/aromatic N) is 2. The van der Waals surface area contributed by atoms with E-state index >= 15 is 0 Å². The predicted molar refractivity (Wildman–Crippen MR) is 123 cm³/mol. The highest BCUT2D eigenvalue weighted by molar-refractivity contribution is 14.1. The van der Waals surface area contributed by atoms with Crippen molar-refractivity contribution in [2.75, 3.05) is 13.1 Å². The van der Waals surface area contributed by atoms with Gasteiger partial charge in [-0.2, -0.15) is 0 Å². The molecule has 0 radical (unpaired) electrons. The maximum Gasteiger partial charge on any atom is 0.287 e. The minimum absolute atomic E-state index is 0.122. The molecule has 3 aromatic rings. The summed E-state index contributed by atoms with van der Waals surface area (Å²) in [6.07, 6.45) is 2.33. The van der Waals surface area contributed by atoms with Gasteiger partial charge in [-0.3, -0.25) is 9.69 Å². The number of aromatic nitrogens is 1. The minimum atomic E-state index is -0.122. The van der Waals surface area contributed by atoms with Crippen molar-refractivity contribution in [3.05, 3.63) is 51.2 Å². The van der Waals surface area contributed by atoms with Gasteiger partial charge in [-0.15, -0.1) is 11.3 Å². The smallest absolute Gasteiger partial charge is 0.287 e. The third kappa shape index (κ3) is 3.64. The third-order valence-corrected chi connectivity index (χ3v) is 8.06. The molecule has 1 amide bonds. The zero-order chi connectivity index (χ0) is 20.0. The zero-order valence-electron chi connectivity index (χ0n) is 16.1. The lowest BCUT2D eigenvalue weighted by Crippen LogP contribution is -2.62. The van der Waals surface area contributed by atoms with Crippen LogP contribution in [0.15, 0.2) is 46.2 Å². The number of hydrogen-bond acceptors (Lipinski definition) is 5. The van der Waals surface area contributed by atoms with E-state index in [0.717, 1.165) is 32.9 Å². The van der Waals surface area contributed by atoms with Crippen LogP contribution < -0.4 is 5.32 Å². The summed E-state index contributed by atoms with van der Waals surface area (Å²) in [6.45, 7) is 4.51. The molecule has 0 aliphatic carbocycles. The Balaban J connectivity index is 1.38. The van der Waals surface area contributed by atoms with E-state index in [-0.39, 0.29) is 11.9 Å². The summed E-state index contributed by atoms with van der Waals surface area (Å²) in [4.78, 5) is 20.0. The van der Waals surface area contributed by atoms with Crippen LogP contribution >= 0.6 is 33.9 Å². The quantitative estimate of drug-likeness (QED) is 0.499. The number of halogens is 1. The van der Waals surface area contributed by atoms with Crippen molar-refractivity contribution in [3.8, 4) is 21.9 Å². The first kappa shape index (κ1) is 19.3. The van der Waals surface area contributed by atoms with Crippen LogP contribution in [0.5, 0.6) is 0 Å². The largest absolute Gasteiger partial charge is 0.451 e. The summed E-state index contributed by atoms with van der Waals surface area (Å²) < 4.78 is 6.98. The van der Waals surface area contributed by atoms with Crippen molar-refractivity contribution < 1.29 is 9.21 Å². The number of thiazole rings is 1. The highest BCUT2D eigenvalue weighted by atomic mass is 127. The van der Waals surface area contributed by atoms with E-state index < -0.39 is 0 Å². The Hall–Kier alpha value is -1.71. The number of carbonyl (C=O) groups excluding carboxylic acids is 1. The van der Waals surface area contributed by atoms with Crippen LogP contribution in [0.1, 0.15) is 30.3 Å². The number of piperidine rings is 3. The molecule has 0 unspecified atom stereocenters. The predicted octanol–water partition coefficient (Wildman–Crippen LogP) is 4.89. The zero-order valence-corrected chi connectivity index (χ0v) is 19.1. The first-order chi connectivity index (χ1) is 14.1. The van der Waals surface area contributed by atoms with Gasteiger partial charge in [0, 0.05) is 28.6 Å². The minimum Gasteiger partial charge on any atom is -0.451 e. The molecule has 3 aliphatic heterocycles. The Kier molecular flexibility index (Phi) is 5.21. The molecule has 3 aliphatic rings. The van der Waals surface area contributed by atoms with Crippen LogP contribution in [0.2, 0.25) is 0 Å². The first-order valence-corrected chi connectivity index (χ1v) is 11.9. The topological polar surface area (TPSA) is 58.4 Å². The standard InChI is InChI=1S/C22H22IN3O2S/c1-13-20(14-8-10-26(13)11-9-14)25-21(27)18-7-6-17(28-18)15-4-2-3-5-16(15)22-24-19(23)12-29-22/h2-7,12-14,20H,8-11H2,1H3,(H,25,27)/t13-,20-/m0/s1. The molecule has 6 rings (SSSR count). The summed E-state index contributed by atoms with van der Waals surface area (Å²) in [5.74, 6) is 1.51. The van der Waals surface area contributed by atoms with Gasteiger partial charge in [0.25, 0.3) is 5.91 Å². The number of fused-ring (bicyclic) bond motifs is 3. The number of amides is 1. The molecule has 0 saturated carbocycles. The van der Waals surface area contributed by atoms with Crippen molar-refractivity contribution >= 4 is 39.8 Å². The molecule has 2 bridgehead atoms. The van der Waals surface area contributed by atoms with Gasteiger partial charge in [0.2, 0.25) is 0 Å². The molecular formula is C22H22IN3O2S. The van der Waals surface area contributed by atoms with Crippen molar-refractivity contribution in [3.63, 3.8) is 0 Å². The lowest BCUT2D eigenvalue weighted by Gasteiger charge is -2.49. The van der Waals surface area contributed by atoms with Crippen molar-refractivity contribution in [2.45, 2.75) is 31.8 Å². The van der Waals surface area contributed by atoms with E-state index in [4.69, 9.17) is 4.42 Å². The summed E-state index contributed by atoms with van der Waals surface area (Å²) in [5.41, 5.74) is 1.97. The van der Waals surface area contributed by atoms with Crippen molar-refractivity contribution in [1.82, 2.24) is 15.2 Å². The highest BCUT2D eigenvalue weighted by Gasteiger charge is 2.40. The summed E-state index contributed by atoms with van der Waals surface area (Å²) in [7, 11) is 0. The van der Waals surface area contributed by atoms with Gasteiger partial charge in [-0.1, -0.05) is 24.3 Å². The molecule has 2 atom stereocenters. The van der Waals surface area contributed by atoms with Gasteiger partial charge in [0.15, 0.2) is 5.76 Å². The molecule has 150 valence electrons. The van der Waals surface area contributed by atoms with E-state index in [1.807, 2.05) is 35.7 Å². The Bertz CT molecular complexity index is 1040. The molecule has 29 heavy (non-hydrogen) atoms. The number of furan rings is 1. The van der Waals surface area contributed by atoms with Crippen LogP contribution in [0, 0.1) is 9.62 Å². The van der Waals surface area contributed by atoms with E-state index in [0.29, 0.717) is 23.5 Å². The fourth-order valence-corrected chi connectivity index (χ4v) is 6.14. The number of hydrogen-bond donors (Lipinski definition) is 1. The molecular weight excluding hydrogens is 497 g/mol. The second-order valence-corrected chi connectivity index (χ2v) is 9.76. The number of benzene rings is 1. The molecule has 0 spiro atoms. The summed E-state index contributed by atoms with van der Waals surface area (Å²) in [6, 6.07) is 12.3. The van der Waals surface area contributed by atoms with E-state index in [1.165, 1.54) is 12.8 Å². The average Bonchev–Trinajstić information content (AvgIpc) is 3.40. The number of nitrogens with one attached hydrogen (secondary N) is 1. The second kappa shape index (κ2) is 7.85. The number of carbonyl (C=O) groups is 1. The monoisotopic (exact) mass is 519 g/mol. The molecule has 1 N–H and O–H groups in total. The maximum absolute atomic E-state index is 12.9. The second-order valence-electron chi connectivity index (χ2n) is 7.80. The highest BCUT2D eigenvalue weighted by Crippen LogP contribution is 2.35. The Labute approximate surface area is 187 Å². The van der Waals surface area contributed by atoms with E-state index in [1.54, 1.807) is 17.4 Å². The van der Waals surface area contributed by atoms with Gasteiger partial charge in [0.05, 0.1) is 0 Å². The molecule has 2 aromatic heterocycles. The fraction of sp³-hybridized carbons (Fsp3) is 0.364. The van der Waals surface area contributed by atoms with Gasteiger partial charge < -0.3 is 9.73 Å². The molecule has 5 heterocycles. The molecule has 7 heteroatoms. The van der Waals surface area contributed by atoms with Crippen LogP contribution in [0.4, 0.5) is 0 Å². The van der Waals surface area contributed by atoms with Crippen LogP contribution in [-0.2, 0) is 0 Å². The molecule has 1 aromatic carbocycles.